The van der Waals surface area contributed by atoms with Crippen LogP contribution in [0.4, 0.5) is 0 Å². The highest BCUT2D eigenvalue weighted by atomic mass is 35.5. The smallest absolute Gasteiger partial charge is 0.0713 e. The zero-order chi connectivity index (χ0) is 15.2. The van der Waals surface area contributed by atoms with Crippen molar-refractivity contribution in [3.8, 4) is 0 Å². The molecule has 23 heavy (non-hydrogen) atoms. The second kappa shape index (κ2) is 9.60. The number of rotatable bonds is 6. The van der Waals surface area contributed by atoms with Gasteiger partial charge in [-0.1, -0.05) is 30.7 Å². The molecular weight excluding hydrogens is 312 g/mol. The quantitative estimate of drug-likeness (QED) is 0.835. The molecule has 130 valence electrons. The number of methoxy groups -OCH3 is 1. The molecule has 1 aromatic rings. The van der Waals surface area contributed by atoms with Gasteiger partial charge < -0.3 is 20.1 Å². The number of hydrogen-bond donors (Lipinski definition) is 2. The Balaban J connectivity index is 0.00000192. The van der Waals surface area contributed by atoms with Crippen LogP contribution in [0.5, 0.6) is 0 Å². The van der Waals surface area contributed by atoms with Gasteiger partial charge in [0.25, 0.3) is 0 Å². The Kier molecular flexibility index (Phi) is 7.80. The SMILES string of the molecule is COCc1cccc(CNC2CCCC2C2COCCN2)c1.Cl. The molecule has 0 radical (unpaired) electrons. The van der Waals surface area contributed by atoms with Gasteiger partial charge in [0.2, 0.25) is 0 Å². The maximum Gasteiger partial charge on any atom is 0.0713 e. The van der Waals surface area contributed by atoms with Crippen molar-refractivity contribution in [1.29, 1.82) is 0 Å². The zero-order valence-electron chi connectivity index (χ0n) is 13.9. The summed E-state index contributed by atoms with van der Waals surface area (Å²) in [5, 5.41) is 7.41. The first-order chi connectivity index (χ1) is 10.9. The van der Waals surface area contributed by atoms with E-state index < -0.39 is 0 Å². The summed E-state index contributed by atoms with van der Waals surface area (Å²) in [5.41, 5.74) is 2.58. The molecule has 0 bridgehead atoms. The number of nitrogens with one attached hydrogen (secondary N) is 2. The first-order valence-electron chi connectivity index (χ1n) is 8.48. The Labute approximate surface area is 145 Å². The van der Waals surface area contributed by atoms with Gasteiger partial charge in [0, 0.05) is 32.3 Å². The van der Waals surface area contributed by atoms with Gasteiger partial charge in [-0.2, -0.15) is 0 Å². The summed E-state index contributed by atoms with van der Waals surface area (Å²) in [6, 6.07) is 9.79. The Hall–Kier alpha value is -0.650. The molecule has 3 atom stereocenters. The first kappa shape index (κ1) is 18.7. The lowest BCUT2D eigenvalue weighted by Crippen LogP contribution is -2.50. The van der Waals surface area contributed by atoms with Crippen LogP contribution in [0.3, 0.4) is 0 Å². The second-order valence-corrected chi connectivity index (χ2v) is 6.47. The van der Waals surface area contributed by atoms with E-state index in [1.54, 1.807) is 7.11 Å². The minimum absolute atomic E-state index is 0. The number of ether oxygens (including phenoxy) is 2. The predicted octanol–water partition coefficient (Wildman–Crippen LogP) is 2.50. The number of hydrogen-bond acceptors (Lipinski definition) is 4. The van der Waals surface area contributed by atoms with Crippen molar-refractivity contribution in [1.82, 2.24) is 10.6 Å². The van der Waals surface area contributed by atoms with Crippen molar-refractivity contribution in [2.75, 3.05) is 26.9 Å². The largest absolute Gasteiger partial charge is 0.380 e. The summed E-state index contributed by atoms with van der Waals surface area (Å²) in [4.78, 5) is 0. The third-order valence-electron chi connectivity index (χ3n) is 4.91. The van der Waals surface area contributed by atoms with E-state index in [0.29, 0.717) is 24.6 Å². The van der Waals surface area contributed by atoms with Gasteiger partial charge in [-0.05, 0) is 29.9 Å². The molecule has 3 rings (SSSR count). The van der Waals surface area contributed by atoms with Gasteiger partial charge >= 0.3 is 0 Å². The summed E-state index contributed by atoms with van der Waals surface area (Å²) in [7, 11) is 1.74. The van der Waals surface area contributed by atoms with Crippen LogP contribution in [-0.2, 0) is 22.6 Å². The lowest BCUT2D eigenvalue weighted by molar-refractivity contribution is 0.0524. The van der Waals surface area contributed by atoms with E-state index in [9.17, 15) is 0 Å². The molecule has 3 unspecified atom stereocenters. The van der Waals surface area contributed by atoms with Crippen LogP contribution in [0.1, 0.15) is 30.4 Å². The molecule has 1 aliphatic heterocycles. The molecule has 2 fully saturated rings. The van der Waals surface area contributed by atoms with Crippen LogP contribution >= 0.6 is 12.4 Å². The molecule has 1 aromatic carbocycles. The highest BCUT2D eigenvalue weighted by molar-refractivity contribution is 5.85. The van der Waals surface area contributed by atoms with Crippen molar-refractivity contribution in [3.63, 3.8) is 0 Å². The summed E-state index contributed by atoms with van der Waals surface area (Å²) >= 11 is 0. The van der Waals surface area contributed by atoms with Crippen molar-refractivity contribution in [2.24, 2.45) is 5.92 Å². The Morgan fingerprint density at radius 1 is 1.30 bits per heavy atom. The van der Waals surface area contributed by atoms with E-state index in [1.165, 1.54) is 30.4 Å². The fraction of sp³-hybridized carbons (Fsp3) is 0.667. The third-order valence-corrected chi connectivity index (χ3v) is 4.91. The number of halogens is 1. The van der Waals surface area contributed by atoms with E-state index in [2.05, 4.69) is 34.9 Å². The Morgan fingerprint density at radius 3 is 2.96 bits per heavy atom. The van der Waals surface area contributed by atoms with E-state index >= 15 is 0 Å². The van der Waals surface area contributed by atoms with E-state index in [4.69, 9.17) is 9.47 Å². The summed E-state index contributed by atoms with van der Waals surface area (Å²) < 4.78 is 10.9. The average molecular weight is 341 g/mol. The fourth-order valence-electron chi connectivity index (χ4n) is 3.83. The monoisotopic (exact) mass is 340 g/mol. The highest BCUT2D eigenvalue weighted by Gasteiger charge is 2.34. The lowest BCUT2D eigenvalue weighted by Gasteiger charge is -2.33. The van der Waals surface area contributed by atoms with E-state index in [1.807, 2.05) is 0 Å². The maximum atomic E-state index is 5.64. The molecule has 1 saturated carbocycles. The van der Waals surface area contributed by atoms with Gasteiger partial charge in [0.15, 0.2) is 0 Å². The van der Waals surface area contributed by atoms with Gasteiger partial charge in [0.1, 0.15) is 0 Å². The fourth-order valence-corrected chi connectivity index (χ4v) is 3.83. The van der Waals surface area contributed by atoms with Crippen LogP contribution in [0.2, 0.25) is 0 Å². The van der Waals surface area contributed by atoms with Gasteiger partial charge in [-0.3, -0.25) is 0 Å². The lowest BCUT2D eigenvalue weighted by atomic mass is 9.94. The van der Waals surface area contributed by atoms with Gasteiger partial charge in [-0.25, -0.2) is 0 Å². The Bertz CT molecular complexity index is 466. The maximum absolute atomic E-state index is 5.64. The zero-order valence-corrected chi connectivity index (χ0v) is 14.7. The minimum atomic E-state index is 0. The van der Waals surface area contributed by atoms with Crippen LogP contribution in [0.25, 0.3) is 0 Å². The van der Waals surface area contributed by atoms with Crippen molar-refractivity contribution >= 4 is 12.4 Å². The minimum Gasteiger partial charge on any atom is -0.380 e. The average Bonchev–Trinajstić information content (AvgIpc) is 3.03. The summed E-state index contributed by atoms with van der Waals surface area (Å²) in [6.07, 6.45) is 3.91. The molecule has 0 aromatic heterocycles. The molecule has 1 saturated heterocycles. The Morgan fingerprint density at radius 2 is 2.17 bits per heavy atom. The van der Waals surface area contributed by atoms with Crippen molar-refractivity contribution < 1.29 is 9.47 Å². The standard InChI is InChI=1S/C18H28N2O2.ClH/c1-21-12-15-5-2-4-14(10-15)11-20-17-7-3-6-16(17)18-13-22-9-8-19-18;/h2,4-5,10,16-20H,3,6-9,11-13H2,1H3;1H. The number of benzene rings is 1. The molecule has 1 aliphatic carbocycles. The van der Waals surface area contributed by atoms with Crippen LogP contribution in [0, 0.1) is 5.92 Å². The molecule has 2 N–H and O–H groups in total. The van der Waals surface area contributed by atoms with E-state index in [0.717, 1.165) is 26.3 Å². The molecule has 0 amide bonds. The predicted molar refractivity (Wildman–Crippen MR) is 95.0 cm³/mol. The molecule has 0 spiro atoms. The number of morpholine rings is 1. The third kappa shape index (κ3) is 5.16. The van der Waals surface area contributed by atoms with Crippen LogP contribution in [0.15, 0.2) is 24.3 Å². The molecule has 1 heterocycles. The van der Waals surface area contributed by atoms with Gasteiger partial charge in [0.05, 0.1) is 19.8 Å². The van der Waals surface area contributed by atoms with Gasteiger partial charge in [-0.15, -0.1) is 12.4 Å². The van der Waals surface area contributed by atoms with Crippen LogP contribution in [-0.4, -0.2) is 39.0 Å². The molecule has 5 heteroatoms. The topological polar surface area (TPSA) is 42.5 Å². The highest BCUT2D eigenvalue weighted by Crippen LogP contribution is 2.29. The first-order valence-corrected chi connectivity index (χ1v) is 8.48. The summed E-state index contributed by atoms with van der Waals surface area (Å²) in [5.74, 6) is 0.697. The molecule has 2 aliphatic rings. The van der Waals surface area contributed by atoms with Crippen LogP contribution < -0.4 is 10.6 Å². The van der Waals surface area contributed by atoms with E-state index in [-0.39, 0.29) is 12.4 Å². The van der Waals surface area contributed by atoms with Crippen molar-refractivity contribution in [2.45, 2.75) is 44.5 Å². The summed E-state index contributed by atoms with van der Waals surface area (Å²) in [6.45, 7) is 4.34. The normalized spacial score (nSPS) is 27.6. The van der Waals surface area contributed by atoms with Crippen molar-refractivity contribution in [3.05, 3.63) is 35.4 Å². The molecular formula is C18H29ClN2O2. The molecule has 4 nitrogen and oxygen atoms in total. The second-order valence-electron chi connectivity index (χ2n) is 6.47.